The number of likely N-dealkylation sites (N-methyl/N-ethyl adjacent to an activating group) is 1. The molecule has 1 unspecified atom stereocenters. The molecule has 0 fully saturated rings. The maximum absolute atomic E-state index is 12.6. The normalized spacial score (nSPS) is 14.0. The van der Waals surface area contributed by atoms with Crippen LogP contribution in [-0.2, 0) is 47.1 Å². The molecule has 0 saturated heterocycles. The minimum absolute atomic E-state index is 0.0958. The highest BCUT2D eigenvalue weighted by molar-refractivity contribution is 9.11. The molecule has 9 aromatic rings. The van der Waals surface area contributed by atoms with E-state index in [-0.39, 0.29) is 30.2 Å². The van der Waals surface area contributed by atoms with Crippen molar-refractivity contribution in [3.63, 3.8) is 0 Å². The van der Waals surface area contributed by atoms with Gasteiger partial charge in [-0.2, -0.15) is 20.2 Å². The molecule has 0 radical (unpaired) electrons. The van der Waals surface area contributed by atoms with E-state index in [2.05, 4.69) is 117 Å². The minimum atomic E-state index is -3.65. The monoisotopic (exact) mass is 1300 g/mol. The van der Waals surface area contributed by atoms with Gasteiger partial charge in [-0.25, -0.2) is 31.5 Å². The van der Waals surface area contributed by atoms with Gasteiger partial charge in [-0.05, 0) is 83.0 Å². The highest BCUT2D eigenvalue weighted by atomic mass is 79.9. The van der Waals surface area contributed by atoms with Crippen LogP contribution in [0.15, 0.2) is 88.6 Å². The van der Waals surface area contributed by atoms with Gasteiger partial charge in [0.15, 0.2) is 5.82 Å². The van der Waals surface area contributed by atoms with Gasteiger partial charge in [0, 0.05) is 141 Å². The fraction of sp³-hybridized carbons (Fsp3) is 0.291. The van der Waals surface area contributed by atoms with E-state index in [4.69, 9.17) is 29.5 Å². The quantitative estimate of drug-likeness (QED) is 0.0495. The van der Waals surface area contributed by atoms with Crippen molar-refractivity contribution in [3.8, 4) is 33.8 Å². The second kappa shape index (κ2) is 22.7. The first kappa shape index (κ1) is 57.6. The molecule has 84 heavy (non-hydrogen) atoms. The van der Waals surface area contributed by atoms with Crippen LogP contribution in [-0.4, -0.2) is 124 Å². The van der Waals surface area contributed by atoms with Crippen LogP contribution in [0.3, 0.4) is 0 Å². The zero-order chi connectivity index (χ0) is 59.5. The van der Waals surface area contributed by atoms with E-state index < -0.39 is 26.0 Å². The van der Waals surface area contributed by atoms with E-state index in [9.17, 15) is 16.8 Å². The fourth-order valence-corrected chi connectivity index (χ4v) is 12.6. The lowest BCUT2D eigenvalue weighted by atomic mass is 9.95. The Kier molecular flexibility index (Phi) is 15.6. The Morgan fingerprint density at radius 2 is 1.36 bits per heavy atom. The zero-order valence-corrected chi connectivity index (χ0v) is 52.1. The van der Waals surface area contributed by atoms with Crippen molar-refractivity contribution < 1.29 is 26.3 Å². The molecule has 0 spiro atoms. The van der Waals surface area contributed by atoms with Crippen molar-refractivity contribution in [2.45, 2.75) is 45.7 Å². The molecule has 8 heterocycles. The number of fused-ring (bicyclic) bond motifs is 7. The number of sulfonamides is 2. The van der Waals surface area contributed by atoms with Gasteiger partial charge >= 0.3 is 0 Å². The van der Waals surface area contributed by atoms with Crippen LogP contribution < -0.4 is 50.0 Å². The number of ether oxygens (including phenoxy) is 2. The number of nitrogens with zero attached hydrogens (tertiary/aromatic N) is 13. The predicted molar refractivity (Wildman–Crippen MR) is 333 cm³/mol. The summed E-state index contributed by atoms with van der Waals surface area (Å²) in [5.41, 5.74) is 12.4. The van der Waals surface area contributed by atoms with E-state index in [0.29, 0.717) is 89.4 Å². The molecule has 6 aromatic heterocycles. The van der Waals surface area contributed by atoms with Gasteiger partial charge in [-0.15, -0.1) is 0 Å². The number of anilines is 11. The predicted octanol–water partition coefficient (Wildman–Crippen LogP) is 9.00. The number of methoxy groups -OCH3 is 2. The molecule has 11 rings (SSSR count). The van der Waals surface area contributed by atoms with Gasteiger partial charge < -0.3 is 40.5 Å². The highest BCUT2D eigenvalue weighted by Crippen LogP contribution is 2.49. The number of hydrogen-bond donors (Lipinski definition) is 6. The Morgan fingerprint density at radius 3 is 2.07 bits per heavy atom. The minimum Gasteiger partial charge on any atom is -0.494 e. The van der Waals surface area contributed by atoms with E-state index >= 15 is 0 Å². The smallest absolute Gasteiger partial charge is 0.229 e. The standard InChI is InChI=1S/C55H59Br2N19O6S2/c1-28(2)76-18-14-42-32(23-62-74(42)5)30-19-41(46(82-8)22-44(30)76)68-55-69-50(47(57)53(71-55)65-37-11-12-38-49(60-17-16-59-38)34(37)25-64-83(9,77)78)35-27-73(4)43-21-45(81-7)40(20-31(43)33-24-63-75(6)51(33)35)67-54-61-26-36(56)52(70-54)66-39-13-15-58-29(3)48(39)72-84(10,79)80/h11-13,15-17,19-24,26,28,35,64,72H,14,18,25,27H2,1-10H3,(H2,65,68,69,71)(H2,58,61,66,67,70). The Bertz CT molecular complexity index is 4320. The third kappa shape index (κ3) is 11.4. The number of rotatable bonds is 17. The van der Waals surface area contributed by atoms with Crippen molar-refractivity contribution >= 4 is 126 Å². The van der Waals surface area contributed by atoms with Crippen molar-refractivity contribution in [1.29, 1.82) is 0 Å². The third-order valence-corrected chi connectivity index (χ3v) is 17.2. The van der Waals surface area contributed by atoms with Crippen LogP contribution in [0.4, 0.5) is 63.3 Å². The Balaban J connectivity index is 1.03. The average molecular weight is 1310 g/mol. The van der Waals surface area contributed by atoms with Gasteiger partial charge in [0.25, 0.3) is 0 Å². The first-order valence-electron chi connectivity index (χ1n) is 26.3. The molecule has 29 heteroatoms. The Morgan fingerprint density at radius 1 is 0.690 bits per heavy atom. The van der Waals surface area contributed by atoms with Crippen LogP contribution in [0.25, 0.3) is 33.3 Å². The Hall–Kier alpha value is -8.25. The molecule has 2 aliphatic heterocycles. The summed E-state index contributed by atoms with van der Waals surface area (Å²) in [6.07, 6.45) is 13.0. The zero-order valence-electron chi connectivity index (χ0n) is 47.3. The molecule has 0 bridgehead atoms. The summed E-state index contributed by atoms with van der Waals surface area (Å²) < 4.78 is 72.2. The maximum atomic E-state index is 12.6. The molecule has 25 nitrogen and oxygen atoms in total. The molecule has 3 aromatic carbocycles. The number of hydrogen-bond acceptors (Lipinski definition) is 21. The summed E-state index contributed by atoms with van der Waals surface area (Å²) in [4.78, 5) is 37.9. The van der Waals surface area contributed by atoms with Gasteiger partial charge in [-0.3, -0.25) is 29.0 Å². The van der Waals surface area contributed by atoms with Crippen molar-refractivity contribution in [2.75, 3.05) is 82.7 Å². The number of nitrogens with one attached hydrogen (secondary N) is 6. The maximum Gasteiger partial charge on any atom is 0.229 e. The largest absolute Gasteiger partial charge is 0.494 e. The van der Waals surface area contributed by atoms with E-state index in [1.54, 1.807) is 52.0 Å². The fourth-order valence-electron chi connectivity index (χ4n) is 10.7. The summed E-state index contributed by atoms with van der Waals surface area (Å²) in [7, 11) is 1.79. The van der Waals surface area contributed by atoms with Gasteiger partial charge in [-0.1, -0.05) is 0 Å². The Labute approximate surface area is 501 Å². The summed E-state index contributed by atoms with van der Waals surface area (Å²) in [6, 6.07) is 13.5. The van der Waals surface area contributed by atoms with Crippen LogP contribution in [0, 0.1) is 6.92 Å². The van der Waals surface area contributed by atoms with Crippen LogP contribution in [0.1, 0.15) is 48.1 Å². The average Bonchev–Trinajstić information content (AvgIpc) is 3.33. The number of aromatic nitrogens is 11. The molecular weight excluding hydrogens is 1250 g/mol. The first-order valence-corrected chi connectivity index (χ1v) is 31.7. The summed E-state index contributed by atoms with van der Waals surface area (Å²) >= 11 is 7.56. The second-order valence-corrected chi connectivity index (χ2v) is 25.8. The molecule has 1 atom stereocenters. The molecule has 2 aliphatic rings. The van der Waals surface area contributed by atoms with Crippen LogP contribution in [0.5, 0.6) is 11.5 Å². The summed E-state index contributed by atoms with van der Waals surface area (Å²) in [5, 5.41) is 23.3. The SMILES string of the molecule is COc1cc2c(cc1Nc1ncc(Br)c(Nc3ccnc(C)c3NS(C)(=O)=O)n1)-c1cnn(C)c1C(c1nc(Nc3cc4c(cc3OC)N(C(C)C)CCc3c-4cnn3C)nc(Nc3ccc4nccnc4c3CNS(C)(=O)=O)c1Br)CN2C. The highest BCUT2D eigenvalue weighted by Gasteiger charge is 2.35. The van der Waals surface area contributed by atoms with Crippen molar-refractivity contribution in [3.05, 3.63) is 117 Å². The number of aryl methyl sites for hydroxylation is 3. The van der Waals surface area contributed by atoms with Gasteiger partial charge in [0.1, 0.15) is 17.3 Å². The molecular formula is C55H59Br2N19O6S2. The number of benzene rings is 3. The van der Waals surface area contributed by atoms with Gasteiger partial charge in [0.05, 0.1) is 105 Å². The molecule has 0 aliphatic carbocycles. The van der Waals surface area contributed by atoms with E-state index in [1.807, 2.05) is 73.2 Å². The molecule has 0 saturated carbocycles. The van der Waals surface area contributed by atoms with E-state index in [0.717, 1.165) is 70.5 Å². The summed E-state index contributed by atoms with van der Waals surface area (Å²) in [5.74, 6) is 1.67. The van der Waals surface area contributed by atoms with E-state index in [1.165, 1.54) is 0 Å². The second-order valence-electron chi connectivity index (χ2n) is 20.6. The molecule has 6 N–H and O–H groups in total. The third-order valence-electron chi connectivity index (χ3n) is 14.6. The number of pyridine rings is 1. The van der Waals surface area contributed by atoms with Crippen molar-refractivity contribution in [1.82, 2.24) is 59.2 Å². The first-order chi connectivity index (χ1) is 40.1. The lowest BCUT2D eigenvalue weighted by Gasteiger charge is -2.30. The lowest BCUT2D eigenvalue weighted by Crippen LogP contribution is -2.32. The lowest BCUT2D eigenvalue weighted by molar-refractivity contribution is 0.416. The molecule has 0 amide bonds. The topological polar surface area (TPSA) is 291 Å². The number of halogens is 2. The summed E-state index contributed by atoms with van der Waals surface area (Å²) in [6.45, 7) is 7.12. The van der Waals surface area contributed by atoms with Crippen LogP contribution >= 0.6 is 31.9 Å². The van der Waals surface area contributed by atoms with Gasteiger partial charge in [0.2, 0.25) is 31.9 Å². The molecule has 436 valence electrons. The van der Waals surface area contributed by atoms with Crippen LogP contribution in [0.2, 0.25) is 0 Å². The van der Waals surface area contributed by atoms with Crippen molar-refractivity contribution in [2.24, 2.45) is 14.1 Å².